The third kappa shape index (κ3) is 5.30. The second-order valence-corrected chi connectivity index (χ2v) is 9.05. The zero-order chi connectivity index (χ0) is 24.9. The summed E-state index contributed by atoms with van der Waals surface area (Å²) in [5.41, 5.74) is 3.99. The summed E-state index contributed by atoms with van der Waals surface area (Å²) in [7, 11) is 0. The number of fused-ring (bicyclic) bond motifs is 1. The number of carboxylic acid groups (broad SMARTS) is 1. The van der Waals surface area contributed by atoms with Crippen LogP contribution in [0.1, 0.15) is 27.5 Å². The fraction of sp³-hybridized carbons (Fsp3) is 0.250. The molecule has 2 aromatic heterocycles. The van der Waals surface area contributed by atoms with Gasteiger partial charge in [-0.2, -0.15) is 0 Å². The van der Waals surface area contributed by atoms with Gasteiger partial charge in [-0.25, -0.2) is 0 Å². The Morgan fingerprint density at radius 3 is 2.47 bits per heavy atom. The number of aliphatic carboxylic acids is 1. The Bertz CT molecular complexity index is 1330. The fourth-order valence-corrected chi connectivity index (χ4v) is 4.81. The maximum atomic E-state index is 12.6. The Kier molecular flexibility index (Phi) is 7.06. The summed E-state index contributed by atoms with van der Waals surface area (Å²) < 4.78 is 0. The van der Waals surface area contributed by atoms with E-state index in [4.69, 9.17) is 0 Å². The van der Waals surface area contributed by atoms with Gasteiger partial charge in [-0.05, 0) is 54.4 Å². The van der Waals surface area contributed by atoms with Crippen LogP contribution in [0.2, 0.25) is 0 Å². The van der Waals surface area contributed by atoms with E-state index in [2.05, 4.69) is 20.2 Å². The molecule has 8 heteroatoms. The van der Waals surface area contributed by atoms with Crippen molar-refractivity contribution in [2.45, 2.75) is 12.5 Å². The lowest BCUT2D eigenvalue weighted by molar-refractivity contribution is -0.144. The van der Waals surface area contributed by atoms with Gasteiger partial charge in [0.1, 0.15) is 6.04 Å². The van der Waals surface area contributed by atoms with E-state index in [0.717, 1.165) is 37.0 Å². The summed E-state index contributed by atoms with van der Waals surface area (Å²) in [6.07, 6.45) is 6.35. The van der Waals surface area contributed by atoms with Crippen LogP contribution in [0.5, 0.6) is 0 Å². The van der Waals surface area contributed by atoms with Crippen molar-refractivity contribution >= 4 is 28.5 Å². The lowest BCUT2D eigenvalue weighted by Gasteiger charge is -2.37. The number of anilines is 1. The van der Waals surface area contributed by atoms with Crippen molar-refractivity contribution in [2.75, 3.05) is 38.0 Å². The van der Waals surface area contributed by atoms with Gasteiger partial charge in [-0.1, -0.05) is 18.2 Å². The molecule has 1 aliphatic heterocycles. The molecule has 3 heterocycles. The fourth-order valence-electron chi connectivity index (χ4n) is 4.81. The highest BCUT2D eigenvalue weighted by Crippen LogP contribution is 2.31. The first kappa shape index (κ1) is 23.7. The minimum absolute atomic E-state index is 0.204. The quantitative estimate of drug-likeness (QED) is 0.352. The molecule has 4 aromatic rings. The molecule has 8 nitrogen and oxygen atoms in total. The van der Waals surface area contributed by atoms with E-state index >= 15 is 0 Å². The Balaban J connectivity index is 1.29. The van der Waals surface area contributed by atoms with Crippen LogP contribution in [0.4, 0.5) is 5.69 Å². The number of benzene rings is 2. The first-order valence-electron chi connectivity index (χ1n) is 12.1. The van der Waals surface area contributed by atoms with Gasteiger partial charge in [0.05, 0.1) is 0 Å². The van der Waals surface area contributed by atoms with Gasteiger partial charge in [-0.3, -0.25) is 19.5 Å². The maximum absolute atomic E-state index is 12.6. The molecule has 1 aliphatic rings. The van der Waals surface area contributed by atoms with Gasteiger partial charge in [0.25, 0.3) is 5.91 Å². The number of piperazine rings is 1. The number of aromatic amines is 1. The Labute approximate surface area is 209 Å². The summed E-state index contributed by atoms with van der Waals surface area (Å²) in [6.45, 7) is 3.91. The Hall–Kier alpha value is -4.01. The number of nitrogens with zero attached hydrogens (tertiary/aromatic N) is 3. The van der Waals surface area contributed by atoms with Crippen molar-refractivity contribution in [3.63, 3.8) is 0 Å². The summed E-state index contributed by atoms with van der Waals surface area (Å²) in [5, 5.41) is 13.9. The van der Waals surface area contributed by atoms with Crippen LogP contribution >= 0.6 is 0 Å². The SMILES string of the molecule is O=C(Nc1ccc2[nH]cc(C(C(=O)O)N3CCN(CCc4ccncc4)CC3)c2c1)c1ccccc1. The molecular weight excluding hydrogens is 454 g/mol. The third-order valence-corrected chi connectivity index (χ3v) is 6.77. The molecule has 0 spiro atoms. The number of amides is 1. The van der Waals surface area contributed by atoms with Crippen molar-refractivity contribution in [3.05, 3.63) is 95.9 Å². The van der Waals surface area contributed by atoms with Gasteiger partial charge in [0.2, 0.25) is 0 Å². The van der Waals surface area contributed by atoms with E-state index in [0.29, 0.717) is 29.9 Å². The number of hydrogen-bond donors (Lipinski definition) is 3. The van der Waals surface area contributed by atoms with Crippen molar-refractivity contribution in [2.24, 2.45) is 0 Å². The van der Waals surface area contributed by atoms with Crippen LogP contribution in [-0.2, 0) is 11.2 Å². The summed E-state index contributed by atoms with van der Waals surface area (Å²) in [4.78, 5) is 36.7. The van der Waals surface area contributed by atoms with Crippen LogP contribution in [0, 0.1) is 0 Å². The maximum Gasteiger partial charge on any atom is 0.325 e. The molecule has 0 saturated carbocycles. The molecule has 1 amide bonds. The lowest BCUT2D eigenvalue weighted by Crippen LogP contribution is -2.49. The van der Waals surface area contributed by atoms with Crippen LogP contribution in [0.25, 0.3) is 10.9 Å². The predicted molar refractivity (Wildman–Crippen MR) is 139 cm³/mol. The number of carbonyl (C=O) groups is 2. The molecule has 1 fully saturated rings. The zero-order valence-corrected chi connectivity index (χ0v) is 19.9. The number of pyridine rings is 1. The van der Waals surface area contributed by atoms with Crippen LogP contribution in [0.3, 0.4) is 0 Å². The van der Waals surface area contributed by atoms with E-state index in [9.17, 15) is 14.7 Å². The molecule has 184 valence electrons. The van der Waals surface area contributed by atoms with Crippen LogP contribution in [-0.4, -0.2) is 69.5 Å². The third-order valence-electron chi connectivity index (χ3n) is 6.77. The molecule has 1 saturated heterocycles. The minimum atomic E-state index is -0.875. The predicted octanol–water partition coefficient (Wildman–Crippen LogP) is 3.80. The second kappa shape index (κ2) is 10.7. The topological polar surface area (TPSA) is 102 Å². The van der Waals surface area contributed by atoms with E-state index in [1.54, 1.807) is 18.3 Å². The van der Waals surface area contributed by atoms with E-state index in [1.807, 2.05) is 65.8 Å². The monoisotopic (exact) mass is 483 g/mol. The highest BCUT2D eigenvalue weighted by molar-refractivity contribution is 6.05. The first-order valence-corrected chi connectivity index (χ1v) is 12.1. The number of carbonyl (C=O) groups excluding carboxylic acids is 1. The normalized spacial score (nSPS) is 15.6. The largest absolute Gasteiger partial charge is 0.480 e. The highest BCUT2D eigenvalue weighted by Gasteiger charge is 2.32. The average Bonchev–Trinajstić information content (AvgIpc) is 3.32. The van der Waals surface area contributed by atoms with Crippen LogP contribution < -0.4 is 5.32 Å². The number of carboxylic acids is 1. The molecule has 5 rings (SSSR count). The summed E-state index contributed by atoms with van der Waals surface area (Å²) in [6, 6.07) is 17.9. The summed E-state index contributed by atoms with van der Waals surface area (Å²) >= 11 is 0. The van der Waals surface area contributed by atoms with Gasteiger partial charge in [0, 0.05) is 79.0 Å². The van der Waals surface area contributed by atoms with Gasteiger partial charge in [-0.15, -0.1) is 0 Å². The molecule has 0 radical (unpaired) electrons. The average molecular weight is 484 g/mol. The lowest BCUT2D eigenvalue weighted by atomic mass is 10.0. The van der Waals surface area contributed by atoms with Gasteiger partial charge < -0.3 is 20.3 Å². The van der Waals surface area contributed by atoms with Gasteiger partial charge in [0.15, 0.2) is 0 Å². The van der Waals surface area contributed by atoms with Crippen molar-refractivity contribution in [1.82, 2.24) is 19.8 Å². The van der Waals surface area contributed by atoms with Gasteiger partial charge >= 0.3 is 5.97 Å². The van der Waals surface area contributed by atoms with Crippen molar-refractivity contribution in [1.29, 1.82) is 0 Å². The molecule has 36 heavy (non-hydrogen) atoms. The van der Waals surface area contributed by atoms with E-state index < -0.39 is 12.0 Å². The molecule has 1 atom stereocenters. The molecule has 1 unspecified atom stereocenters. The van der Waals surface area contributed by atoms with E-state index in [1.165, 1.54) is 5.56 Å². The standard InChI is InChI=1S/C28H29N5O3/c34-27(21-4-2-1-3-5-21)31-22-6-7-25-23(18-22)24(19-30-25)26(28(35)36)33-16-14-32(15-17-33)13-10-20-8-11-29-12-9-20/h1-9,11-12,18-19,26,30H,10,13-17H2,(H,31,34)(H,35,36). The Morgan fingerprint density at radius 1 is 1.00 bits per heavy atom. The number of nitrogens with one attached hydrogen (secondary N) is 2. The molecule has 2 aromatic carbocycles. The molecular formula is C28H29N5O3. The minimum Gasteiger partial charge on any atom is -0.480 e. The van der Waals surface area contributed by atoms with Crippen LogP contribution in [0.15, 0.2) is 79.3 Å². The molecule has 0 aliphatic carbocycles. The molecule has 3 N–H and O–H groups in total. The van der Waals surface area contributed by atoms with E-state index in [-0.39, 0.29) is 5.91 Å². The Morgan fingerprint density at radius 2 is 1.75 bits per heavy atom. The number of hydrogen-bond acceptors (Lipinski definition) is 5. The number of aromatic nitrogens is 2. The smallest absolute Gasteiger partial charge is 0.325 e. The van der Waals surface area contributed by atoms with Crippen molar-refractivity contribution < 1.29 is 14.7 Å². The summed E-state index contributed by atoms with van der Waals surface area (Å²) in [5.74, 6) is -1.08. The highest BCUT2D eigenvalue weighted by atomic mass is 16.4. The number of H-pyrrole nitrogens is 1. The second-order valence-electron chi connectivity index (χ2n) is 9.05. The van der Waals surface area contributed by atoms with Crippen molar-refractivity contribution in [3.8, 4) is 0 Å². The number of rotatable bonds is 8. The zero-order valence-electron chi connectivity index (χ0n) is 19.9. The first-order chi connectivity index (χ1) is 17.6. The molecule has 0 bridgehead atoms.